The number of carbonyl (C=O) groups is 1. The summed E-state index contributed by atoms with van der Waals surface area (Å²) in [5.74, 6) is 0.924. The molecule has 5 nitrogen and oxygen atoms in total. The minimum Gasteiger partial charge on any atom is -0.370 e. The molecule has 3 fully saturated rings. The van der Waals surface area contributed by atoms with Crippen molar-refractivity contribution in [2.24, 2.45) is 11.8 Å². The number of carbonyl (C=O) groups excluding carboxylic acids is 1. The lowest BCUT2D eigenvalue weighted by Crippen LogP contribution is -2.41. The van der Waals surface area contributed by atoms with E-state index in [1.165, 1.54) is 6.42 Å². The van der Waals surface area contributed by atoms with E-state index in [0.29, 0.717) is 30.0 Å². The lowest BCUT2D eigenvalue weighted by molar-refractivity contribution is 0.00365. The zero-order valence-electron chi connectivity index (χ0n) is 15.1. The summed E-state index contributed by atoms with van der Waals surface area (Å²) in [4.78, 5) is 19.1. The third-order valence-electron chi connectivity index (χ3n) is 6.13. The number of amides is 1. The first-order chi connectivity index (χ1) is 12.1. The molecule has 1 aromatic rings. The van der Waals surface area contributed by atoms with Crippen molar-refractivity contribution < 1.29 is 9.53 Å². The smallest absolute Gasteiger partial charge is 0.252 e. The number of aromatic nitrogens is 1. The van der Waals surface area contributed by atoms with Crippen LogP contribution in [0.15, 0.2) is 30.5 Å². The molecule has 4 atom stereocenters. The molecule has 2 bridgehead atoms. The summed E-state index contributed by atoms with van der Waals surface area (Å²) >= 11 is 0. The van der Waals surface area contributed by atoms with Gasteiger partial charge in [0.25, 0.3) is 5.91 Å². The zero-order valence-corrected chi connectivity index (χ0v) is 15.1. The van der Waals surface area contributed by atoms with Gasteiger partial charge >= 0.3 is 0 Å². The van der Waals surface area contributed by atoms with Gasteiger partial charge in [0.1, 0.15) is 0 Å². The summed E-state index contributed by atoms with van der Waals surface area (Å²) in [5, 5.41) is 3.12. The molecule has 1 aromatic heterocycles. The Morgan fingerprint density at radius 2 is 2.40 bits per heavy atom. The van der Waals surface area contributed by atoms with Gasteiger partial charge in [-0.2, -0.15) is 0 Å². The number of allylic oxidation sites excluding steroid dienone is 1. The van der Waals surface area contributed by atoms with Crippen LogP contribution in [-0.4, -0.2) is 53.7 Å². The number of hydrogen-bond donors (Lipinski definition) is 1. The number of nitrogens with zero attached hydrogens (tertiary/aromatic N) is 2. The summed E-state index contributed by atoms with van der Waals surface area (Å²) in [6, 6.07) is 3.71. The van der Waals surface area contributed by atoms with Crippen LogP contribution in [0.25, 0.3) is 0 Å². The van der Waals surface area contributed by atoms with Crippen molar-refractivity contribution in [3.05, 3.63) is 41.7 Å². The number of fused-ring (bicyclic) bond motifs is 1. The quantitative estimate of drug-likeness (QED) is 0.834. The first-order valence-corrected chi connectivity index (χ1v) is 9.33. The van der Waals surface area contributed by atoms with Gasteiger partial charge < -0.3 is 10.1 Å². The van der Waals surface area contributed by atoms with Gasteiger partial charge in [-0.15, -0.1) is 0 Å². The monoisotopic (exact) mass is 341 g/mol. The fourth-order valence-corrected chi connectivity index (χ4v) is 4.87. The molecule has 1 spiro atoms. The average Bonchev–Trinajstić information content (AvgIpc) is 3.26. The second-order valence-corrected chi connectivity index (χ2v) is 7.69. The lowest BCUT2D eigenvalue weighted by atomic mass is 9.73. The molecule has 0 aromatic carbocycles. The van der Waals surface area contributed by atoms with Crippen molar-refractivity contribution in [2.75, 3.05) is 26.2 Å². The fourth-order valence-electron chi connectivity index (χ4n) is 4.87. The second-order valence-electron chi connectivity index (χ2n) is 7.69. The third kappa shape index (κ3) is 3.00. The van der Waals surface area contributed by atoms with Gasteiger partial charge in [-0.25, -0.2) is 0 Å². The number of rotatable bonds is 5. The Morgan fingerprint density at radius 3 is 3.16 bits per heavy atom. The van der Waals surface area contributed by atoms with Crippen LogP contribution in [0.3, 0.4) is 0 Å². The molecule has 0 unspecified atom stereocenters. The Kier molecular flexibility index (Phi) is 4.38. The number of pyridine rings is 1. The largest absolute Gasteiger partial charge is 0.370 e. The van der Waals surface area contributed by atoms with Crippen molar-refractivity contribution in [1.29, 1.82) is 0 Å². The maximum absolute atomic E-state index is 12.4. The number of aryl methyl sites for hydroxylation is 1. The van der Waals surface area contributed by atoms with Gasteiger partial charge in [0, 0.05) is 49.9 Å². The molecule has 4 heterocycles. The van der Waals surface area contributed by atoms with Gasteiger partial charge in [0.05, 0.1) is 17.3 Å². The van der Waals surface area contributed by atoms with E-state index < -0.39 is 0 Å². The summed E-state index contributed by atoms with van der Waals surface area (Å²) in [7, 11) is 0. The maximum Gasteiger partial charge on any atom is 0.252 e. The molecule has 0 aliphatic carbocycles. The minimum atomic E-state index is -0.0342. The first kappa shape index (κ1) is 16.7. The molecule has 0 radical (unpaired) electrons. The first-order valence-electron chi connectivity index (χ1n) is 9.33. The Hall–Kier alpha value is -1.72. The van der Waals surface area contributed by atoms with Gasteiger partial charge in [-0.3, -0.25) is 14.7 Å². The summed E-state index contributed by atoms with van der Waals surface area (Å²) in [6.07, 6.45) is 8.58. The second kappa shape index (κ2) is 6.54. The molecular formula is C20H27N3O2. The number of likely N-dealkylation sites (tertiary alicyclic amines) is 1. The van der Waals surface area contributed by atoms with Crippen LogP contribution in [-0.2, 0) is 4.74 Å². The van der Waals surface area contributed by atoms with Gasteiger partial charge in [-0.05, 0) is 38.8 Å². The Morgan fingerprint density at radius 1 is 1.52 bits per heavy atom. The number of ether oxygens (including phenoxy) is 1. The zero-order chi connectivity index (χ0) is 17.4. The van der Waals surface area contributed by atoms with Crippen LogP contribution in [0, 0.1) is 18.8 Å². The normalized spacial score (nSPS) is 33.9. The molecule has 25 heavy (non-hydrogen) atoms. The van der Waals surface area contributed by atoms with E-state index in [-0.39, 0.29) is 11.5 Å². The highest BCUT2D eigenvalue weighted by molar-refractivity contribution is 5.93. The van der Waals surface area contributed by atoms with Crippen LogP contribution in [0.2, 0.25) is 0 Å². The van der Waals surface area contributed by atoms with E-state index in [1.807, 2.05) is 19.1 Å². The molecule has 1 amide bonds. The Bertz CT molecular complexity index is 672. The fraction of sp³-hybridized carbons (Fsp3) is 0.600. The van der Waals surface area contributed by atoms with Crippen molar-refractivity contribution >= 4 is 5.91 Å². The molecule has 1 N–H and O–H groups in total. The molecule has 4 rings (SSSR count). The van der Waals surface area contributed by atoms with Crippen molar-refractivity contribution in [3.8, 4) is 0 Å². The van der Waals surface area contributed by atoms with Crippen LogP contribution in [0.4, 0.5) is 0 Å². The van der Waals surface area contributed by atoms with E-state index >= 15 is 0 Å². The van der Waals surface area contributed by atoms with E-state index in [4.69, 9.17) is 4.74 Å². The molecule has 3 aliphatic rings. The number of hydrogen-bond acceptors (Lipinski definition) is 4. The average molecular weight is 341 g/mol. The lowest BCUT2D eigenvalue weighted by Gasteiger charge is -2.29. The summed E-state index contributed by atoms with van der Waals surface area (Å²) < 4.78 is 6.43. The Balaban J connectivity index is 1.39. The molecule has 3 aliphatic heterocycles. The molecule has 3 saturated heterocycles. The van der Waals surface area contributed by atoms with E-state index in [1.54, 1.807) is 6.20 Å². The molecular weight excluding hydrogens is 314 g/mol. The Labute approximate surface area is 149 Å². The summed E-state index contributed by atoms with van der Waals surface area (Å²) in [6.45, 7) is 7.79. The van der Waals surface area contributed by atoms with E-state index in [9.17, 15) is 4.79 Å². The maximum atomic E-state index is 12.4. The predicted octanol–water partition coefficient (Wildman–Crippen LogP) is 2.18. The van der Waals surface area contributed by atoms with Crippen LogP contribution >= 0.6 is 0 Å². The van der Waals surface area contributed by atoms with E-state index in [2.05, 4.69) is 34.3 Å². The topological polar surface area (TPSA) is 54.5 Å². The van der Waals surface area contributed by atoms with Gasteiger partial charge in [0.15, 0.2) is 0 Å². The highest BCUT2D eigenvalue weighted by atomic mass is 16.5. The van der Waals surface area contributed by atoms with Crippen molar-refractivity contribution in [2.45, 2.75) is 38.4 Å². The highest BCUT2D eigenvalue weighted by Gasteiger charge is 2.62. The SMILES string of the molecule is C/C=C/CN1C[C@@H]2[C@H](CNC(=O)c3ccc(C)nc3)[C@H]3CC[C@]2(C1)O3. The van der Waals surface area contributed by atoms with Crippen LogP contribution in [0.1, 0.15) is 35.8 Å². The minimum absolute atomic E-state index is 0.0342. The van der Waals surface area contributed by atoms with Crippen molar-refractivity contribution in [3.63, 3.8) is 0 Å². The van der Waals surface area contributed by atoms with Crippen molar-refractivity contribution in [1.82, 2.24) is 15.2 Å². The predicted molar refractivity (Wildman–Crippen MR) is 96.4 cm³/mol. The van der Waals surface area contributed by atoms with Crippen LogP contribution < -0.4 is 5.32 Å². The van der Waals surface area contributed by atoms with E-state index in [0.717, 1.165) is 31.7 Å². The number of nitrogens with one attached hydrogen (secondary N) is 1. The molecule has 5 heteroatoms. The molecule has 0 saturated carbocycles. The highest BCUT2D eigenvalue weighted by Crippen LogP contribution is 2.54. The standard InChI is InChI=1S/C20H27N3O2/c1-3-4-9-23-12-17-16(18-7-8-20(17,13-23)25-18)11-22-19(24)15-6-5-14(2)21-10-15/h3-6,10,16-18H,7-9,11-13H2,1-2H3,(H,22,24)/b4-3+/t16-,17+,18+,20+/m0/s1. The molecule has 134 valence electrons. The van der Waals surface area contributed by atoms with Gasteiger partial charge in [0.2, 0.25) is 0 Å². The van der Waals surface area contributed by atoms with Gasteiger partial charge in [-0.1, -0.05) is 12.2 Å². The third-order valence-corrected chi connectivity index (χ3v) is 6.13. The van der Waals surface area contributed by atoms with Crippen LogP contribution in [0.5, 0.6) is 0 Å². The summed E-state index contributed by atoms with van der Waals surface area (Å²) in [5.41, 5.74) is 1.59.